The first-order valence-electron chi connectivity index (χ1n) is 9.68. The van der Waals surface area contributed by atoms with E-state index in [1.165, 1.54) is 6.07 Å². The largest absolute Gasteiger partial charge is 0.378 e. The van der Waals surface area contributed by atoms with Crippen LogP contribution < -0.4 is 15.5 Å². The fourth-order valence-electron chi connectivity index (χ4n) is 3.19. The second kappa shape index (κ2) is 9.19. The van der Waals surface area contributed by atoms with Gasteiger partial charge in [0.25, 0.3) is 0 Å². The molecule has 4 rings (SSSR count). The molecule has 1 aliphatic heterocycles. The van der Waals surface area contributed by atoms with Crippen LogP contribution >= 0.6 is 0 Å². The van der Waals surface area contributed by atoms with Crippen molar-refractivity contribution in [2.24, 2.45) is 0 Å². The fraction of sp³-hybridized carbons (Fsp3) is 0.238. The minimum absolute atomic E-state index is 0.0874. The van der Waals surface area contributed by atoms with Crippen LogP contribution in [0.4, 0.5) is 28.7 Å². The third-order valence-electron chi connectivity index (χ3n) is 4.75. The highest BCUT2D eigenvalue weighted by Gasteiger charge is 2.17. The molecule has 1 saturated heterocycles. The van der Waals surface area contributed by atoms with Crippen LogP contribution in [-0.2, 0) is 11.3 Å². The van der Waals surface area contributed by atoms with Crippen molar-refractivity contribution in [3.05, 3.63) is 76.6 Å². The Bertz CT molecular complexity index is 991. The molecule has 0 spiro atoms. The Morgan fingerprint density at radius 1 is 1.07 bits per heavy atom. The number of hydrogen-bond acceptors (Lipinski definition) is 8. The summed E-state index contributed by atoms with van der Waals surface area (Å²) in [5.74, 6) is 0.712. The molecule has 0 unspecified atom stereocenters. The van der Waals surface area contributed by atoms with Gasteiger partial charge in [0.1, 0.15) is 5.82 Å². The molecule has 0 aliphatic carbocycles. The van der Waals surface area contributed by atoms with Crippen LogP contribution in [-0.4, -0.2) is 41.2 Å². The number of benzene rings is 1. The number of nitro groups is 1. The van der Waals surface area contributed by atoms with Gasteiger partial charge in [0.05, 0.1) is 30.4 Å². The molecule has 1 aromatic carbocycles. The second-order valence-electron chi connectivity index (χ2n) is 6.77. The summed E-state index contributed by atoms with van der Waals surface area (Å²) in [6.45, 7) is 3.61. The van der Waals surface area contributed by atoms with Crippen molar-refractivity contribution in [1.82, 2.24) is 9.97 Å². The van der Waals surface area contributed by atoms with Gasteiger partial charge in [0.15, 0.2) is 0 Å². The van der Waals surface area contributed by atoms with Crippen LogP contribution in [0.25, 0.3) is 0 Å². The van der Waals surface area contributed by atoms with Gasteiger partial charge < -0.3 is 20.3 Å². The zero-order valence-corrected chi connectivity index (χ0v) is 16.3. The average Bonchev–Trinajstić information content (AvgIpc) is 2.79. The molecule has 1 fully saturated rings. The summed E-state index contributed by atoms with van der Waals surface area (Å²) in [5, 5.41) is 17.7. The Morgan fingerprint density at radius 2 is 1.87 bits per heavy atom. The highest BCUT2D eigenvalue weighted by atomic mass is 16.6. The van der Waals surface area contributed by atoms with Gasteiger partial charge in [0, 0.05) is 36.7 Å². The smallest absolute Gasteiger partial charge is 0.311 e. The maximum absolute atomic E-state index is 11.4. The Labute approximate surface area is 173 Å². The quantitative estimate of drug-likeness (QED) is 0.453. The van der Waals surface area contributed by atoms with Gasteiger partial charge in [-0.2, -0.15) is 0 Å². The van der Waals surface area contributed by atoms with Crippen LogP contribution in [0.5, 0.6) is 0 Å². The predicted octanol–water partition coefficient (Wildman–Crippen LogP) is 3.58. The molecular formula is C21H22N6O3. The zero-order chi connectivity index (χ0) is 20.8. The van der Waals surface area contributed by atoms with E-state index in [2.05, 4.69) is 25.5 Å². The third-order valence-corrected chi connectivity index (χ3v) is 4.75. The van der Waals surface area contributed by atoms with Gasteiger partial charge in [-0.25, -0.2) is 4.98 Å². The lowest BCUT2D eigenvalue weighted by Crippen LogP contribution is -2.36. The molecular weight excluding hydrogens is 384 g/mol. The molecule has 2 aromatic heterocycles. The minimum atomic E-state index is -0.444. The molecule has 154 valence electrons. The van der Waals surface area contributed by atoms with Crippen LogP contribution in [0.1, 0.15) is 5.69 Å². The Morgan fingerprint density at radius 3 is 2.57 bits per heavy atom. The maximum Gasteiger partial charge on any atom is 0.311 e. The number of aromatic nitrogens is 2. The molecule has 3 heterocycles. The van der Waals surface area contributed by atoms with E-state index in [4.69, 9.17) is 4.74 Å². The summed E-state index contributed by atoms with van der Waals surface area (Å²) in [6, 6.07) is 16.4. The van der Waals surface area contributed by atoms with E-state index in [0.29, 0.717) is 25.6 Å². The van der Waals surface area contributed by atoms with Gasteiger partial charge in [-0.15, -0.1) is 0 Å². The summed E-state index contributed by atoms with van der Waals surface area (Å²) >= 11 is 0. The summed E-state index contributed by atoms with van der Waals surface area (Å²) in [4.78, 5) is 21.9. The first-order valence-corrected chi connectivity index (χ1v) is 9.68. The van der Waals surface area contributed by atoms with Gasteiger partial charge in [-0.1, -0.05) is 6.07 Å². The molecule has 9 nitrogen and oxygen atoms in total. The molecule has 2 N–H and O–H groups in total. The second-order valence-corrected chi connectivity index (χ2v) is 6.77. The van der Waals surface area contributed by atoms with Gasteiger partial charge in [0.2, 0.25) is 5.82 Å². The molecule has 9 heteroatoms. The van der Waals surface area contributed by atoms with Gasteiger partial charge >= 0.3 is 5.69 Å². The molecule has 0 amide bonds. The molecule has 0 radical (unpaired) electrons. The topological polar surface area (TPSA) is 105 Å². The zero-order valence-electron chi connectivity index (χ0n) is 16.3. The Balaban J connectivity index is 1.49. The molecule has 3 aromatic rings. The number of nitrogens with zero attached hydrogens (tertiary/aromatic N) is 4. The number of hydrogen-bond donors (Lipinski definition) is 2. The van der Waals surface area contributed by atoms with Crippen molar-refractivity contribution in [3.8, 4) is 0 Å². The lowest BCUT2D eigenvalue weighted by atomic mass is 10.2. The highest BCUT2D eigenvalue weighted by molar-refractivity contribution is 5.69. The van der Waals surface area contributed by atoms with E-state index in [9.17, 15) is 10.1 Å². The van der Waals surface area contributed by atoms with Gasteiger partial charge in [-0.3, -0.25) is 15.1 Å². The van der Waals surface area contributed by atoms with E-state index < -0.39 is 4.92 Å². The lowest BCUT2D eigenvalue weighted by molar-refractivity contribution is -0.384. The van der Waals surface area contributed by atoms with Crippen molar-refractivity contribution in [2.75, 3.05) is 41.8 Å². The molecule has 0 bridgehead atoms. The summed E-state index contributed by atoms with van der Waals surface area (Å²) in [7, 11) is 0. The number of nitrogens with one attached hydrogen (secondary N) is 2. The Hall–Kier alpha value is -3.72. The first-order chi connectivity index (χ1) is 14.7. The molecule has 0 atom stereocenters. The van der Waals surface area contributed by atoms with Crippen LogP contribution in [0, 0.1) is 10.1 Å². The highest BCUT2D eigenvalue weighted by Crippen LogP contribution is 2.28. The lowest BCUT2D eigenvalue weighted by Gasteiger charge is -2.28. The Kier molecular flexibility index (Phi) is 6.00. The monoisotopic (exact) mass is 406 g/mol. The number of anilines is 4. The summed E-state index contributed by atoms with van der Waals surface area (Å²) < 4.78 is 5.38. The maximum atomic E-state index is 11.4. The number of rotatable bonds is 7. The number of morpholine rings is 1. The van der Waals surface area contributed by atoms with Crippen molar-refractivity contribution >= 4 is 28.7 Å². The predicted molar refractivity (Wildman–Crippen MR) is 115 cm³/mol. The summed E-state index contributed by atoms with van der Waals surface area (Å²) in [5.41, 5.74) is 2.59. The molecule has 30 heavy (non-hydrogen) atoms. The first kappa shape index (κ1) is 19.6. The summed E-state index contributed by atoms with van der Waals surface area (Å²) in [6.07, 6.45) is 1.72. The third kappa shape index (κ3) is 4.81. The average molecular weight is 406 g/mol. The van der Waals surface area contributed by atoms with E-state index in [-0.39, 0.29) is 11.5 Å². The number of ether oxygens (including phenoxy) is 1. The fourth-order valence-corrected chi connectivity index (χ4v) is 3.19. The van der Waals surface area contributed by atoms with E-state index in [1.807, 2.05) is 42.5 Å². The van der Waals surface area contributed by atoms with Crippen molar-refractivity contribution in [3.63, 3.8) is 0 Å². The minimum Gasteiger partial charge on any atom is -0.378 e. The van der Waals surface area contributed by atoms with E-state index in [1.54, 1.807) is 12.3 Å². The standard InChI is InChI=1S/C21H22N6O3/c28-27(29)19-8-9-20(23-15-17-3-1-2-10-22-17)25-21(19)24-16-4-6-18(7-5-16)26-11-13-30-14-12-26/h1-10H,11-15H2,(H2,23,24,25). The number of pyridine rings is 2. The van der Waals surface area contributed by atoms with Crippen molar-refractivity contribution < 1.29 is 9.66 Å². The molecule has 1 aliphatic rings. The van der Waals surface area contributed by atoms with Crippen LogP contribution in [0.3, 0.4) is 0 Å². The van der Waals surface area contributed by atoms with Crippen LogP contribution in [0.2, 0.25) is 0 Å². The molecule has 0 saturated carbocycles. The van der Waals surface area contributed by atoms with Crippen LogP contribution in [0.15, 0.2) is 60.8 Å². The van der Waals surface area contributed by atoms with E-state index >= 15 is 0 Å². The van der Waals surface area contributed by atoms with Crippen molar-refractivity contribution in [1.29, 1.82) is 0 Å². The van der Waals surface area contributed by atoms with E-state index in [0.717, 1.165) is 30.2 Å². The van der Waals surface area contributed by atoms with Gasteiger partial charge in [-0.05, 0) is 42.5 Å². The SMILES string of the molecule is O=[N+]([O-])c1ccc(NCc2ccccn2)nc1Nc1ccc(N2CCOCC2)cc1. The van der Waals surface area contributed by atoms with Crippen molar-refractivity contribution in [2.45, 2.75) is 6.54 Å². The normalized spacial score (nSPS) is 13.7.